The van der Waals surface area contributed by atoms with Gasteiger partial charge in [-0.15, -0.1) is 0 Å². The van der Waals surface area contributed by atoms with Crippen LogP contribution < -0.4 is 15.0 Å². The van der Waals surface area contributed by atoms with Crippen LogP contribution in [0.4, 0.5) is 20.6 Å². The molecule has 3 aromatic carbocycles. The molecule has 39 heavy (non-hydrogen) atoms. The highest BCUT2D eigenvalue weighted by atomic mass is 32.2. The van der Waals surface area contributed by atoms with Crippen molar-refractivity contribution in [2.75, 3.05) is 43.1 Å². The van der Waals surface area contributed by atoms with Gasteiger partial charge in [0.1, 0.15) is 24.7 Å². The maximum atomic E-state index is 13.8. The lowest BCUT2D eigenvalue weighted by Gasteiger charge is -2.30. The maximum absolute atomic E-state index is 13.8. The molecular formula is C29H26FN3O5S. The summed E-state index contributed by atoms with van der Waals surface area (Å²) in [6.07, 6.45) is 1.59. The number of halogens is 1. The lowest BCUT2D eigenvalue weighted by Crippen LogP contribution is -2.38. The summed E-state index contributed by atoms with van der Waals surface area (Å²) in [5.74, 6) is -0.783. The van der Waals surface area contributed by atoms with Gasteiger partial charge in [0, 0.05) is 18.7 Å². The van der Waals surface area contributed by atoms with Gasteiger partial charge in [0.2, 0.25) is 5.91 Å². The van der Waals surface area contributed by atoms with Crippen LogP contribution >= 0.6 is 11.8 Å². The molecule has 0 unspecified atom stereocenters. The molecule has 3 amide bonds. The van der Waals surface area contributed by atoms with Crippen LogP contribution in [0.5, 0.6) is 5.75 Å². The monoisotopic (exact) mass is 547 g/mol. The van der Waals surface area contributed by atoms with E-state index in [1.54, 1.807) is 54.6 Å². The van der Waals surface area contributed by atoms with Gasteiger partial charge in [0.15, 0.2) is 0 Å². The van der Waals surface area contributed by atoms with Crippen molar-refractivity contribution in [1.29, 1.82) is 0 Å². The highest BCUT2D eigenvalue weighted by Gasteiger charge is 2.36. The molecule has 1 N–H and O–H groups in total. The zero-order chi connectivity index (χ0) is 27.2. The Morgan fingerprint density at radius 2 is 1.72 bits per heavy atom. The first-order valence-electron chi connectivity index (χ1n) is 12.4. The van der Waals surface area contributed by atoms with Crippen molar-refractivity contribution < 1.29 is 28.2 Å². The molecule has 10 heteroatoms. The summed E-state index contributed by atoms with van der Waals surface area (Å²) >= 11 is 0.788. The van der Waals surface area contributed by atoms with Crippen LogP contribution in [0.3, 0.4) is 0 Å². The molecule has 0 spiro atoms. The third-order valence-electron chi connectivity index (χ3n) is 6.24. The summed E-state index contributed by atoms with van der Waals surface area (Å²) in [6.45, 7) is 2.33. The van der Waals surface area contributed by atoms with Crippen LogP contribution in [-0.4, -0.2) is 54.8 Å². The summed E-state index contributed by atoms with van der Waals surface area (Å²) in [4.78, 5) is 41.6. The number of para-hydroxylation sites is 2. The number of hydrogen-bond acceptors (Lipinski definition) is 7. The molecular weight excluding hydrogens is 521 g/mol. The Balaban J connectivity index is 1.19. The number of thioether (sulfide) groups is 1. The number of hydrogen-bond donors (Lipinski definition) is 1. The number of rotatable bonds is 8. The minimum atomic E-state index is -0.526. The minimum Gasteiger partial charge on any atom is -0.489 e. The van der Waals surface area contributed by atoms with Gasteiger partial charge < -0.3 is 19.7 Å². The fourth-order valence-corrected chi connectivity index (χ4v) is 5.06. The van der Waals surface area contributed by atoms with E-state index >= 15 is 0 Å². The Morgan fingerprint density at radius 1 is 1.00 bits per heavy atom. The molecule has 8 nitrogen and oxygen atoms in total. The third-order valence-corrected chi connectivity index (χ3v) is 7.14. The largest absolute Gasteiger partial charge is 0.489 e. The van der Waals surface area contributed by atoms with E-state index in [0.29, 0.717) is 48.9 Å². The van der Waals surface area contributed by atoms with Gasteiger partial charge in [-0.2, -0.15) is 0 Å². The number of amides is 3. The van der Waals surface area contributed by atoms with Crippen LogP contribution in [-0.2, 0) is 20.9 Å². The van der Waals surface area contributed by atoms with Crippen molar-refractivity contribution in [3.63, 3.8) is 0 Å². The Bertz CT molecular complexity index is 1410. The first-order valence-corrected chi connectivity index (χ1v) is 13.2. The second-order valence-corrected chi connectivity index (χ2v) is 9.87. The number of benzene rings is 3. The maximum Gasteiger partial charge on any atom is 0.294 e. The second-order valence-electron chi connectivity index (χ2n) is 8.88. The molecule has 2 aliphatic heterocycles. The fourth-order valence-electron chi connectivity index (χ4n) is 4.22. The second kappa shape index (κ2) is 12.1. The summed E-state index contributed by atoms with van der Waals surface area (Å²) in [6, 6.07) is 20.7. The van der Waals surface area contributed by atoms with Crippen molar-refractivity contribution >= 4 is 46.3 Å². The van der Waals surface area contributed by atoms with Gasteiger partial charge >= 0.3 is 0 Å². The predicted molar refractivity (Wildman–Crippen MR) is 148 cm³/mol. The average Bonchev–Trinajstić information content (AvgIpc) is 3.21. The number of anilines is 2. The minimum absolute atomic E-state index is 0.0872. The molecule has 3 aromatic rings. The molecule has 0 radical (unpaired) electrons. The summed E-state index contributed by atoms with van der Waals surface area (Å²) in [5, 5.41) is 2.33. The standard InChI is InChI=1S/C29H26FN3O5S/c30-23-6-2-1-5-21(23)19-38-22-11-9-20(10-12-22)17-26-28(35)33(29(36)39-26)18-27(34)31-24-7-3-4-8-25(24)32-13-15-37-16-14-32/h1-12,17H,13-16,18-19H2,(H,31,34)/b26-17+. The molecule has 0 bridgehead atoms. The number of carbonyl (C=O) groups excluding carboxylic acids is 3. The van der Waals surface area contributed by atoms with E-state index in [2.05, 4.69) is 10.2 Å². The van der Waals surface area contributed by atoms with Gasteiger partial charge in [-0.1, -0.05) is 42.5 Å². The Morgan fingerprint density at radius 3 is 2.49 bits per heavy atom. The normalized spacial score (nSPS) is 16.6. The van der Waals surface area contributed by atoms with Crippen molar-refractivity contribution in [1.82, 2.24) is 4.90 Å². The molecule has 0 aliphatic carbocycles. The molecule has 0 aromatic heterocycles. The van der Waals surface area contributed by atoms with Crippen LogP contribution in [0.15, 0.2) is 77.7 Å². The van der Waals surface area contributed by atoms with Crippen LogP contribution in [0.25, 0.3) is 6.08 Å². The van der Waals surface area contributed by atoms with E-state index in [0.717, 1.165) is 22.3 Å². The van der Waals surface area contributed by atoms with Crippen molar-refractivity contribution in [2.24, 2.45) is 0 Å². The smallest absolute Gasteiger partial charge is 0.294 e. The van der Waals surface area contributed by atoms with Gasteiger partial charge in [-0.25, -0.2) is 4.39 Å². The van der Waals surface area contributed by atoms with E-state index in [1.165, 1.54) is 6.07 Å². The fraction of sp³-hybridized carbons (Fsp3) is 0.207. The first kappa shape index (κ1) is 26.5. The van der Waals surface area contributed by atoms with Crippen LogP contribution in [0.1, 0.15) is 11.1 Å². The molecule has 2 aliphatic rings. The highest BCUT2D eigenvalue weighted by Crippen LogP contribution is 2.33. The molecule has 2 fully saturated rings. The third kappa shape index (κ3) is 6.47. The number of ether oxygens (including phenoxy) is 2. The predicted octanol–water partition coefficient (Wildman–Crippen LogP) is 4.92. The number of carbonyl (C=O) groups is 3. The number of imide groups is 1. The summed E-state index contributed by atoms with van der Waals surface area (Å²) in [7, 11) is 0. The number of nitrogens with zero attached hydrogens (tertiary/aromatic N) is 2. The average molecular weight is 548 g/mol. The molecule has 2 heterocycles. The topological polar surface area (TPSA) is 88.2 Å². The van der Waals surface area contributed by atoms with Gasteiger partial charge in [-0.3, -0.25) is 19.3 Å². The molecule has 5 rings (SSSR count). The Kier molecular flexibility index (Phi) is 8.24. The SMILES string of the molecule is O=C(CN1C(=O)S/C(=C/c2ccc(OCc3ccccc3F)cc2)C1=O)Nc1ccccc1N1CCOCC1. The molecule has 2 saturated heterocycles. The van der Waals surface area contributed by atoms with Crippen LogP contribution in [0.2, 0.25) is 0 Å². The van der Waals surface area contributed by atoms with Gasteiger partial charge in [0.05, 0.1) is 29.5 Å². The van der Waals surface area contributed by atoms with E-state index in [9.17, 15) is 18.8 Å². The van der Waals surface area contributed by atoms with E-state index in [1.807, 2.05) is 18.2 Å². The summed E-state index contributed by atoms with van der Waals surface area (Å²) < 4.78 is 24.8. The van der Waals surface area contributed by atoms with Crippen molar-refractivity contribution in [3.05, 3.63) is 94.6 Å². The highest BCUT2D eigenvalue weighted by molar-refractivity contribution is 8.18. The quantitative estimate of drug-likeness (QED) is 0.401. The molecule has 0 atom stereocenters. The van der Waals surface area contributed by atoms with Gasteiger partial charge in [-0.05, 0) is 53.7 Å². The Hall–Kier alpha value is -4.15. The summed E-state index contributed by atoms with van der Waals surface area (Å²) in [5.41, 5.74) is 2.61. The van der Waals surface area contributed by atoms with E-state index < -0.39 is 17.1 Å². The number of nitrogens with one attached hydrogen (secondary N) is 1. The van der Waals surface area contributed by atoms with E-state index in [4.69, 9.17) is 9.47 Å². The van der Waals surface area contributed by atoms with Crippen LogP contribution in [0, 0.1) is 5.82 Å². The van der Waals surface area contributed by atoms with Gasteiger partial charge in [0.25, 0.3) is 11.1 Å². The lowest BCUT2D eigenvalue weighted by atomic mass is 10.2. The number of morpholine rings is 1. The zero-order valence-corrected chi connectivity index (χ0v) is 21.8. The van der Waals surface area contributed by atoms with E-state index in [-0.39, 0.29) is 23.9 Å². The van der Waals surface area contributed by atoms with Crippen molar-refractivity contribution in [2.45, 2.75) is 6.61 Å². The molecule has 0 saturated carbocycles. The first-order chi connectivity index (χ1) is 19.0. The Labute approximate surface area is 229 Å². The molecule has 200 valence electrons. The zero-order valence-electron chi connectivity index (χ0n) is 21.0. The van der Waals surface area contributed by atoms with Crippen molar-refractivity contribution in [3.8, 4) is 5.75 Å². The lowest BCUT2D eigenvalue weighted by molar-refractivity contribution is -0.127.